The van der Waals surface area contributed by atoms with E-state index in [1.54, 1.807) is 35.2 Å². The molecule has 1 fully saturated rings. The number of amides is 1. The van der Waals surface area contributed by atoms with E-state index in [0.717, 1.165) is 17.7 Å². The molecule has 7 heteroatoms. The summed E-state index contributed by atoms with van der Waals surface area (Å²) in [6.45, 7) is 3.18. The van der Waals surface area contributed by atoms with Gasteiger partial charge in [0.15, 0.2) is 0 Å². The zero-order valence-corrected chi connectivity index (χ0v) is 15.3. The van der Waals surface area contributed by atoms with Crippen LogP contribution < -0.4 is 13.9 Å². The fourth-order valence-electron chi connectivity index (χ4n) is 3.40. The van der Waals surface area contributed by atoms with Gasteiger partial charge in [0.1, 0.15) is 12.4 Å². The molecule has 0 aliphatic carbocycles. The Balaban J connectivity index is 1.68. The highest BCUT2D eigenvalue weighted by Crippen LogP contribution is 2.36. The van der Waals surface area contributed by atoms with Crippen molar-refractivity contribution in [2.24, 2.45) is 0 Å². The van der Waals surface area contributed by atoms with E-state index in [0.29, 0.717) is 31.0 Å². The van der Waals surface area contributed by atoms with Gasteiger partial charge in [-0.2, -0.15) is 0 Å². The van der Waals surface area contributed by atoms with Crippen molar-refractivity contribution in [3.63, 3.8) is 0 Å². The topological polar surface area (TPSA) is 66.9 Å². The van der Waals surface area contributed by atoms with Crippen LogP contribution in [-0.2, 0) is 14.8 Å². The molecule has 2 aliphatic rings. The van der Waals surface area contributed by atoms with Gasteiger partial charge in [-0.15, -0.1) is 0 Å². The minimum Gasteiger partial charge on any atom is -0.489 e. The minimum absolute atomic E-state index is 0.0817. The quantitative estimate of drug-likeness (QED) is 0.831. The largest absolute Gasteiger partial charge is 0.489 e. The van der Waals surface area contributed by atoms with E-state index in [1.165, 1.54) is 4.31 Å². The molecule has 0 saturated carbocycles. The van der Waals surface area contributed by atoms with E-state index in [9.17, 15) is 13.2 Å². The van der Waals surface area contributed by atoms with Gasteiger partial charge >= 0.3 is 0 Å². The maximum absolute atomic E-state index is 13.1. The average molecular weight is 372 g/mol. The Hall–Kier alpha value is -2.54. The van der Waals surface area contributed by atoms with Crippen molar-refractivity contribution in [1.29, 1.82) is 0 Å². The predicted octanol–water partition coefficient (Wildman–Crippen LogP) is 2.71. The van der Waals surface area contributed by atoms with Crippen molar-refractivity contribution in [3.8, 4) is 5.75 Å². The molecule has 2 heterocycles. The van der Waals surface area contributed by atoms with Gasteiger partial charge < -0.3 is 9.64 Å². The smallest absolute Gasteiger partial charge is 0.264 e. The summed E-state index contributed by atoms with van der Waals surface area (Å²) in [5.41, 5.74) is 2.28. The number of anilines is 2. The first-order valence-electron chi connectivity index (χ1n) is 8.63. The van der Waals surface area contributed by atoms with Crippen molar-refractivity contribution in [1.82, 2.24) is 0 Å². The van der Waals surface area contributed by atoms with E-state index in [2.05, 4.69) is 0 Å². The van der Waals surface area contributed by atoms with E-state index in [1.807, 2.05) is 19.1 Å². The predicted molar refractivity (Wildman–Crippen MR) is 99.2 cm³/mol. The lowest BCUT2D eigenvalue weighted by molar-refractivity contribution is -0.117. The molecule has 1 saturated heterocycles. The summed E-state index contributed by atoms with van der Waals surface area (Å²) in [5.74, 6) is 0.655. The summed E-state index contributed by atoms with van der Waals surface area (Å²) in [6.07, 6.45) is 1.38. The number of carbonyl (C=O) groups is 1. The molecule has 2 aromatic rings. The van der Waals surface area contributed by atoms with Gasteiger partial charge in [0.05, 0.1) is 17.1 Å². The molecule has 2 aliphatic heterocycles. The molecule has 2 aromatic carbocycles. The lowest BCUT2D eigenvalue weighted by Gasteiger charge is -2.30. The second-order valence-corrected chi connectivity index (χ2v) is 8.40. The molecule has 0 bridgehead atoms. The first-order valence-corrected chi connectivity index (χ1v) is 10.1. The number of hydrogen-bond acceptors (Lipinski definition) is 4. The highest BCUT2D eigenvalue weighted by atomic mass is 32.2. The first-order chi connectivity index (χ1) is 12.5. The third kappa shape index (κ3) is 2.82. The molecule has 0 spiro atoms. The van der Waals surface area contributed by atoms with Crippen LogP contribution in [0.25, 0.3) is 0 Å². The Labute approximate surface area is 153 Å². The SMILES string of the molecule is Cc1ccc2c(c1)N(S(=O)(=O)c1ccc(N3CCCC3=O)cc1)CCO2. The summed E-state index contributed by atoms with van der Waals surface area (Å²) in [4.78, 5) is 13.8. The number of fused-ring (bicyclic) bond motifs is 1. The van der Waals surface area contributed by atoms with Crippen LogP contribution in [0.1, 0.15) is 18.4 Å². The Morgan fingerprint density at radius 2 is 1.81 bits per heavy atom. The summed E-state index contributed by atoms with van der Waals surface area (Å²) in [6, 6.07) is 12.1. The van der Waals surface area contributed by atoms with Crippen molar-refractivity contribution < 1.29 is 17.9 Å². The fraction of sp³-hybridized carbons (Fsp3) is 0.316. The van der Waals surface area contributed by atoms with E-state index < -0.39 is 10.0 Å². The van der Waals surface area contributed by atoms with Gasteiger partial charge in [-0.1, -0.05) is 6.07 Å². The van der Waals surface area contributed by atoms with E-state index in [-0.39, 0.29) is 17.3 Å². The molecule has 136 valence electrons. The molecule has 0 atom stereocenters. The van der Waals surface area contributed by atoms with Crippen LogP contribution in [0, 0.1) is 6.92 Å². The molecular weight excluding hydrogens is 352 g/mol. The molecule has 4 rings (SSSR count). The van der Waals surface area contributed by atoms with Crippen molar-refractivity contribution in [2.45, 2.75) is 24.7 Å². The number of ether oxygens (including phenoxy) is 1. The molecule has 0 radical (unpaired) electrons. The highest BCUT2D eigenvalue weighted by molar-refractivity contribution is 7.92. The number of carbonyl (C=O) groups excluding carboxylic acids is 1. The van der Waals surface area contributed by atoms with Crippen molar-refractivity contribution >= 4 is 27.3 Å². The van der Waals surface area contributed by atoms with Crippen LogP contribution in [0.3, 0.4) is 0 Å². The van der Waals surface area contributed by atoms with Gasteiger partial charge in [0, 0.05) is 18.7 Å². The lowest BCUT2D eigenvalue weighted by atomic mass is 10.2. The standard InChI is InChI=1S/C19H20N2O4S/c1-14-4-9-18-17(13-14)21(11-12-25-18)26(23,24)16-7-5-15(6-8-16)20-10-2-3-19(20)22/h4-9,13H,2-3,10-12H2,1H3. The fourth-order valence-corrected chi connectivity index (χ4v) is 4.85. The van der Waals surface area contributed by atoms with Crippen LogP contribution in [0.2, 0.25) is 0 Å². The van der Waals surface area contributed by atoms with Crippen LogP contribution in [0.15, 0.2) is 47.4 Å². The molecular formula is C19H20N2O4S. The van der Waals surface area contributed by atoms with Crippen LogP contribution in [0.4, 0.5) is 11.4 Å². The molecule has 0 N–H and O–H groups in total. The van der Waals surface area contributed by atoms with Gasteiger partial charge in [0.2, 0.25) is 5.91 Å². The van der Waals surface area contributed by atoms with Crippen molar-refractivity contribution in [3.05, 3.63) is 48.0 Å². The van der Waals surface area contributed by atoms with Crippen molar-refractivity contribution in [2.75, 3.05) is 28.9 Å². The molecule has 0 unspecified atom stereocenters. The summed E-state index contributed by atoms with van der Waals surface area (Å²) in [5, 5.41) is 0. The number of hydrogen-bond donors (Lipinski definition) is 0. The third-order valence-electron chi connectivity index (χ3n) is 4.74. The maximum atomic E-state index is 13.1. The summed E-state index contributed by atoms with van der Waals surface area (Å²) in [7, 11) is -3.70. The van der Waals surface area contributed by atoms with Crippen LogP contribution in [0.5, 0.6) is 5.75 Å². The summed E-state index contributed by atoms with van der Waals surface area (Å²) >= 11 is 0. The Morgan fingerprint density at radius 1 is 1.04 bits per heavy atom. The lowest BCUT2D eigenvalue weighted by Crippen LogP contribution is -2.38. The third-order valence-corrected chi connectivity index (χ3v) is 6.57. The van der Waals surface area contributed by atoms with Gasteiger partial charge in [-0.3, -0.25) is 9.10 Å². The first kappa shape index (κ1) is 16.9. The number of sulfonamides is 1. The second kappa shape index (κ2) is 6.32. The maximum Gasteiger partial charge on any atom is 0.264 e. The number of rotatable bonds is 3. The minimum atomic E-state index is -3.70. The molecule has 6 nitrogen and oxygen atoms in total. The van der Waals surface area contributed by atoms with E-state index in [4.69, 9.17) is 4.74 Å². The van der Waals surface area contributed by atoms with Gasteiger partial charge in [-0.05, 0) is 55.3 Å². The molecule has 0 aromatic heterocycles. The average Bonchev–Trinajstić information content (AvgIpc) is 3.07. The monoisotopic (exact) mass is 372 g/mol. The van der Waals surface area contributed by atoms with E-state index >= 15 is 0 Å². The summed E-state index contributed by atoms with van der Waals surface area (Å²) < 4.78 is 33.3. The number of benzene rings is 2. The Morgan fingerprint density at radius 3 is 2.50 bits per heavy atom. The van der Waals surface area contributed by atoms with Crippen LogP contribution >= 0.6 is 0 Å². The van der Waals surface area contributed by atoms with Gasteiger partial charge in [0.25, 0.3) is 10.0 Å². The molecule has 1 amide bonds. The molecule has 26 heavy (non-hydrogen) atoms. The number of nitrogens with zero attached hydrogens (tertiary/aromatic N) is 2. The number of aryl methyl sites for hydroxylation is 1. The Kier molecular flexibility index (Phi) is 4.11. The zero-order chi connectivity index (χ0) is 18.3. The normalized spacial score (nSPS) is 17.2. The van der Waals surface area contributed by atoms with Crippen LogP contribution in [-0.4, -0.2) is 34.0 Å². The highest BCUT2D eigenvalue weighted by Gasteiger charge is 2.30. The Bertz CT molecular complexity index is 954. The zero-order valence-electron chi connectivity index (χ0n) is 14.5. The second-order valence-electron chi connectivity index (χ2n) is 6.54. The van der Waals surface area contributed by atoms with Gasteiger partial charge in [-0.25, -0.2) is 8.42 Å².